The molecule has 1 heterocycles. The fourth-order valence-corrected chi connectivity index (χ4v) is 2.66. The van der Waals surface area contributed by atoms with Crippen LogP contribution in [0.3, 0.4) is 0 Å². The van der Waals surface area contributed by atoms with Crippen LogP contribution in [0.25, 0.3) is 11.1 Å². The van der Waals surface area contributed by atoms with E-state index < -0.39 is 0 Å². The molecule has 0 aliphatic carbocycles. The Bertz CT molecular complexity index is 569. The van der Waals surface area contributed by atoms with Gasteiger partial charge >= 0.3 is 0 Å². The molecule has 1 nitrogen and oxygen atoms in total. The normalized spacial score (nSPS) is 20.3. The lowest BCUT2D eigenvalue weighted by atomic mass is 9.80. The number of rotatable bonds is 1. The summed E-state index contributed by atoms with van der Waals surface area (Å²) in [6.45, 7) is 6.87. The molecule has 0 aromatic heterocycles. The van der Waals surface area contributed by atoms with Gasteiger partial charge in [-0.25, -0.2) is 0 Å². The second-order valence-corrected chi connectivity index (χ2v) is 5.71. The molecule has 1 aliphatic heterocycles. The average molecular weight is 237 g/mol. The largest absolute Gasteiger partial charge is 0.381 e. The molecular weight excluding hydrogens is 218 g/mol. The van der Waals surface area contributed by atoms with Crippen LogP contribution < -0.4 is 5.32 Å². The first-order valence-corrected chi connectivity index (χ1v) is 6.55. The zero-order valence-electron chi connectivity index (χ0n) is 11.2. The standard InChI is InChI=1S/C17H19N/c1-12-17(2,3)15-11-14(9-10-16(15)18-12)13-7-5-4-6-8-13/h4-12,18H,1-3H3. The van der Waals surface area contributed by atoms with E-state index in [2.05, 4.69) is 74.6 Å². The molecule has 0 amide bonds. The molecular formula is C17H19N. The number of benzene rings is 2. The molecule has 0 fully saturated rings. The number of hydrogen-bond donors (Lipinski definition) is 1. The summed E-state index contributed by atoms with van der Waals surface area (Å²) in [7, 11) is 0. The highest BCUT2D eigenvalue weighted by Crippen LogP contribution is 2.42. The zero-order valence-corrected chi connectivity index (χ0v) is 11.2. The van der Waals surface area contributed by atoms with Crippen LogP contribution in [0.5, 0.6) is 0 Å². The van der Waals surface area contributed by atoms with Crippen LogP contribution in [0.1, 0.15) is 26.3 Å². The van der Waals surface area contributed by atoms with E-state index in [-0.39, 0.29) is 5.41 Å². The van der Waals surface area contributed by atoms with Crippen LogP contribution in [0.2, 0.25) is 0 Å². The van der Waals surface area contributed by atoms with Crippen molar-refractivity contribution in [2.75, 3.05) is 5.32 Å². The Balaban J connectivity index is 2.11. The highest BCUT2D eigenvalue weighted by molar-refractivity contribution is 5.72. The van der Waals surface area contributed by atoms with Crippen molar-refractivity contribution in [3.05, 3.63) is 54.1 Å². The summed E-state index contributed by atoms with van der Waals surface area (Å²) in [5.74, 6) is 0. The maximum Gasteiger partial charge on any atom is 0.0381 e. The topological polar surface area (TPSA) is 12.0 Å². The summed E-state index contributed by atoms with van der Waals surface area (Å²) in [5.41, 5.74) is 5.50. The van der Waals surface area contributed by atoms with E-state index >= 15 is 0 Å². The molecule has 1 heteroatoms. The van der Waals surface area contributed by atoms with Gasteiger partial charge < -0.3 is 5.32 Å². The van der Waals surface area contributed by atoms with Gasteiger partial charge in [-0.1, -0.05) is 50.2 Å². The van der Waals surface area contributed by atoms with E-state index in [1.165, 1.54) is 22.4 Å². The maximum atomic E-state index is 3.57. The van der Waals surface area contributed by atoms with E-state index in [0.29, 0.717) is 6.04 Å². The van der Waals surface area contributed by atoms with Gasteiger partial charge in [0.25, 0.3) is 0 Å². The predicted octanol–water partition coefficient (Wildman–Crippen LogP) is 4.45. The van der Waals surface area contributed by atoms with E-state index in [4.69, 9.17) is 0 Å². The zero-order chi connectivity index (χ0) is 12.8. The van der Waals surface area contributed by atoms with E-state index in [0.717, 1.165) is 0 Å². The minimum Gasteiger partial charge on any atom is -0.381 e. The Hall–Kier alpha value is -1.76. The Morgan fingerprint density at radius 3 is 2.39 bits per heavy atom. The first-order chi connectivity index (χ1) is 8.59. The smallest absolute Gasteiger partial charge is 0.0381 e. The fraction of sp³-hybridized carbons (Fsp3) is 0.294. The van der Waals surface area contributed by atoms with Crippen LogP contribution in [-0.4, -0.2) is 6.04 Å². The van der Waals surface area contributed by atoms with E-state index in [9.17, 15) is 0 Å². The molecule has 1 N–H and O–H groups in total. The lowest BCUT2D eigenvalue weighted by molar-refractivity contribution is 0.486. The highest BCUT2D eigenvalue weighted by atomic mass is 15.0. The Morgan fingerprint density at radius 2 is 1.67 bits per heavy atom. The Kier molecular flexibility index (Phi) is 2.44. The number of hydrogen-bond acceptors (Lipinski definition) is 1. The summed E-state index contributed by atoms with van der Waals surface area (Å²) in [4.78, 5) is 0. The van der Waals surface area contributed by atoms with Crippen molar-refractivity contribution in [1.82, 2.24) is 0 Å². The summed E-state index contributed by atoms with van der Waals surface area (Å²) in [5, 5.41) is 3.57. The number of fused-ring (bicyclic) bond motifs is 1. The van der Waals surface area contributed by atoms with Gasteiger partial charge in [-0.05, 0) is 35.7 Å². The third kappa shape index (κ3) is 1.62. The van der Waals surface area contributed by atoms with Crippen molar-refractivity contribution in [3.8, 4) is 11.1 Å². The van der Waals surface area contributed by atoms with Gasteiger partial charge in [-0.2, -0.15) is 0 Å². The van der Waals surface area contributed by atoms with Crippen LogP contribution in [0, 0.1) is 0 Å². The van der Waals surface area contributed by atoms with Crippen molar-refractivity contribution in [3.63, 3.8) is 0 Å². The molecule has 0 bridgehead atoms. The molecule has 92 valence electrons. The first kappa shape index (κ1) is 11.3. The van der Waals surface area contributed by atoms with Gasteiger partial charge in [0.05, 0.1) is 0 Å². The fourth-order valence-electron chi connectivity index (χ4n) is 2.66. The molecule has 1 unspecified atom stereocenters. The van der Waals surface area contributed by atoms with Gasteiger partial charge in [0.15, 0.2) is 0 Å². The molecule has 2 aromatic carbocycles. The van der Waals surface area contributed by atoms with Crippen molar-refractivity contribution in [1.29, 1.82) is 0 Å². The molecule has 3 rings (SSSR count). The van der Waals surface area contributed by atoms with Crippen molar-refractivity contribution in [2.45, 2.75) is 32.2 Å². The number of nitrogens with one attached hydrogen (secondary N) is 1. The Morgan fingerprint density at radius 1 is 0.944 bits per heavy atom. The third-order valence-corrected chi connectivity index (χ3v) is 4.28. The van der Waals surface area contributed by atoms with Gasteiger partial charge in [0.1, 0.15) is 0 Å². The van der Waals surface area contributed by atoms with Crippen LogP contribution >= 0.6 is 0 Å². The Labute approximate surface area is 109 Å². The van der Waals surface area contributed by atoms with Gasteiger partial charge in [0, 0.05) is 17.1 Å². The van der Waals surface area contributed by atoms with Crippen molar-refractivity contribution >= 4 is 5.69 Å². The molecule has 2 aromatic rings. The molecule has 18 heavy (non-hydrogen) atoms. The van der Waals surface area contributed by atoms with Gasteiger partial charge in [-0.15, -0.1) is 0 Å². The highest BCUT2D eigenvalue weighted by Gasteiger charge is 2.36. The molecule has 1 aliphatic rings. The summed E-state index contributed by atoms with van der Waals surface area (Å²) >= 11 is 0. The summed E-state index contributed by atoms with van der Waals surface area (Å²) < 4.78 is 0. The van der Waals surface area contributed by atoms with Crippen LogP contribution in [-0.2, 0) is 5.41 Å². The first-order valence-electron chi connectivity index (χ1n) is 6.55. The number of anilines is 1. The van der Waals surface area contributed by atoms with Crippen LogP contribution in [0.4, 0.5) is 5.69 Å². The summed E-state index contributed by atoms with van der Waals surface area (Å²) in [6.07, 6.45) is 0. The average Bonchev–Trinajstić information content (AvgIpc) is 2.61. The SMILES string of the molecule is CC1Nc2ccc(-c3ccccc3)cc2C1(C)C. The van der Waals surface area contributed by atoms with Crippen molar-refractivity contribution in [2.24, 2.45) is 0 Å². The second-order valence-electron chi connectivity index (χ2n) is 5.71. The predicted molar refractivity (Wildman–Crippen MR) is 78.0 cm³/mol. The van der Waals surface area contributed by atoms with E-state index in [1.54, 1.807) is 0 Å². The quantitative estimate of drug-likeness (QED) is 0.773. The lowest BCUT2D eigenvalue weighted by Crippen LogP contribution is -2.29. The van der Waals surface area contributed by atoms with E-state index in [1.807, 2.05) is 0 Å². The third-order valence-electron chi connectivity index (χ3n) is 4.28. The van der Waals surface area contributed by atoms with Crippen LogP contribution in [0.15, 0.2) is 48.5 Å². The second kappa shape index (κ2) is 3.88. The molecule has 0 spiro atoms. The maximum absolute atomic E-state index is 3.57. The minimum absolute atomic E-state index is 0.195. The monoisotopic (exact) mass is 237 g/mol. The molecule has 1 atom stereocenters. The van der Waals surface area contributed by atoms with Crippen molar-refractivity contribution < 1.29 is 0 Å². The molecule has 0 radical (unpaired) electrons. The summed E-state index contributed by atoms with van der Waals surface area (Å²) in [6, 6.07) is 17.8. The lowest BCUT2D eigenvalue weighted by Gasteiger charge is -2.24. The minimum atomic E-state index is 0.195. The van der Waals surface area contributed by atoms with Gasteiger partial charge in [0.2, 0.25) is 0 Å². The molecule has 0 saturated carbocycles. The molecule has 0 saturated heterocycles. The van der Waals surface area contributed by atoms with Gasteiger partial charge in [-0.3, -0.25) is 0 Å².